The molecule has 178 valence electrons. The Balaban J connectivity index is 1.32. The summed E-state index contributed by atoms with van der Waals surface area (Å²) in [5.41, 5.74) is 2.77. The van der Waals surface area contributed by atoms with Crippen LogP contribution in [0.2, 0.25) is 0 Å². The van der Waals surface area contributed by atoms with Crippen LogP contribution in [0.3, 0.4) is 0 Å². The molecule has 7 rings (SSSR count). The molecule has 2 N–H and O–H groups in total. The smallest absolute Gasteiger partial charge is 0.248 e. The lowest BCUT2D eigenvalue weighted by molar-refractivity contribution is -0.132. The van der Waals surface area contributed by atoms with E-state index in [-0.39, 0.29) is 23.6 Å². The van der Waals surface area contributed by atoms with E-state index in [2.05, 4.69) is 46.8 Å². The average molecular weight is 466 g/mol. The molecule has 2 fully saturated rings. The molecule has 5 atom stereocenters. The molecule has 35 heavy (non-hydrogen) atoms. The molecule has 1 saturated carbocycles. The Kier molecular flexibility index (Phi) is 5.65. The van der Waals surface area contributed by atoms with E-state index in [1.165, 1.54) is 5.56 Å². The SMILES string of the molecule is O=C(NCc1ccccc1)[C@@]12C[C@@H]3CN(Cc4ccccc4)[C@@H]([C@@H]3C=N1)[C@@H]2Cc1ccc(O)cc1. The van der Waals surface area contributed by atoms with Crippen molar-refractivity contribution >= 4 is 12.1 Å². The summed E-state index contributed by atoms with van der Waals surface area (Å²) in [6, 6.07) is 28.4. The number of aromatic hydroxyl groups is 1. The van der Waals surface area contributed by atoms with Crippen LogP contribution in [0.25, 0.3) is 0 Å². The second kappa shape index (κ2) is 8.97. The van der Waals surface area contributed by atoms with Gasteiger partial charge in [-0.25, -0.2) is 0 Å². The highest BCUT2D eigenvalue weighted by molar-refractivity contribution is 5.91. The molecule has 3 aromatic rings. The van der Waals surface area contributed by atoms with Gasteiger partial charge < -0.3 is 10.4 Å². The second-order valence-corrected chi connectivity index (χ2v) is 10.3. The lowest BCUT2D eigenvalue weighted by Crippen LogP contribution is -2.63. The highest BCUT2D eigenvalue weighted by Crippen LogP contribution is 2.54. The van der Waals surface area contributed by atoms with Gasteiger partial charge in [0.2, 0.25) is 5.91 Å². The molecule has 0 spiro atoms. The molecule has 1 amide bonds. The van der Waals surface area contributed by atoms with Gasteiger partial charge in [0, 0.05) is 43.7 Å². The fraction of sp³-hybridized carbons (Fsp3) is 0.333. The first-order valence-electron chi connectivity index (χ1n) is 12.6. The minimum atomic E-state index is -0.762. The van der Waals surface area contributed by atoms with E-state index in [0.717, 1.165) is 37.1 Å². The number of phenolic OH excluding ortho intramolecular Hbond substituents is 1. The van der Waals surface area contributed by atoms with Crippen LogP contribution >= 0.6 is 0 Å². The Morgan fingerprint density at radius 1 is 0.943 bits per heavy atom. The van der Waals surface area contributed by atoms with E-state index >= 15 is 0 Å². The summed E-state index contributed by atoms with van der Waals surface area (Å²) < 4.78 is 0. The summed E-state index contributed by atoms with van der Waals surface area (Å²) in [5, 5.41) is 13.0. The minimum absolute atomic E-state index is 0.0380. The summed E-state index contributed by atoms with van der Waals surface area (Å²) in [4.78, 5) is 21.5. The van der Waals surface area contributed by atoms with Crippen LogP contribution in [0.5, 0.6) is 5.75 Å². The van der Waals surface area contributed by atoms with Gasteiger partial charge in [0.05, 0.1) is 0 Å². The number of nitrogens with one attached hydrogen (secondary N) is 1. The highest BCUT2D eigenvalue weighted by Gasteiger charge is 2.63. The van der Waals surface area contributed by atoms with E-state index in [1.807, 2.05) is 42.5 Å². The first kappa shape index (κ1) is 22.1. The zero-order valence-corrected chi connectivity index (χ0v) is 19.8. The van der Waals surface area contributed by atoms with Gasteiger partial charge in [-0.1, -0.05) is 72.8 Å². The van der Waals surface area contributed by atoms with E-state index in [4.69, 9.17) is 4.99 Å². The topological polar surface area (TPSA) is 64.9 Å². The molecular formula is C30H31N3O2. The monoisotopic (exact) mass is 465 g/mol. The van der Waals surface area contributed by atoms with Crippen molar-refractivity contribution in [1.29, 1.82) is 0 Å². The highest BCUT2D eigenvalue weighted by atomic mass is 16.3. The first-order valence-corrected chi connectivity index (χ1v) is 12.6. The van der Waals surface area contributed by atoms with Crippen LogP contribution in [-0.4, -0.2) is 40.3 Å². The van der Waals surface area contributed by atoms with Crippen LogP contribution < -0.4 is 5.32 Å². The number of carbonyl (C=O) groups is 1. The average Bonchev–Trinajstić information content (AvgIpc) is 3.19. The van der Waals surface area contributed by atoms with Gasteiger partial charge in [-0.2, -0.15) is 0 Å². The van der Waals surface area contributed by atoms with Crippen molar-refractivity contribution in [2.24, 2.45) is 22.7 Å². The molecule has 3 aromatic carbocycles. The van der Waals surface area contributed by atoms with E-state index < -0.39 is 5.54 Å². The molecule has 0 radical (unpaired) electrons. The molecule has 4 aliphatic rings. The third kappa shape index (κ3) is 4.04. The first-order chi connectivity index (χ1) is 17.1. The Hall–Kier alpha value is -3.44. The lowest BCUT2D eigenvalue weighted by Gasteiger charge is -2.51. The molecule has 1 aliphatic carbocycles. The molecule has 5 heteroatoms. The molecular weight excluding hydrogens is 434 g/mol. The van der Waals surface area contributed by atoms with Crippen molar-refractivity contribution < 1.29 is 9.90 Å². The number of phenols is 1. The Morgan fingerprint density at radius 3 is 2.34 bits per heavy atom. The lowest BCUT2D eigenvalue weighted by atomic mass is 9.59. The van der Waals surface area contributed by atoms with Crippen molar-refractivity contribution in [3.05, 3.63) is 102 Å². The Bertz CT molecular complexity index is 1210. The van der Waals surface area contributed by atoms with Crippen molar-refractivity contribution in [2.45, 2.75) is 37.5 Å². The number of hydrogen-bond acceptors (Lipinski definition) is 4. The summed E-state index contributed by atoms with van der Waals surface area (Å²) in [6.45, 7) is 2.39. The number of benzene rings is 3. The summed E-state index contributed by atoms with van der Waals surface area (Å²) in [5.74, 6) is 1.19. The molecule has 0 aromatic heterocycles. The molecule has 4 bridgehead atoms. The van der Waals surface area contributed by atoms with E-state index in [1.54, 1.807) is 12.1 Å². The van der Waals surface area contributed by atoms with Crippen LogP contribution in [0.4, 0.5) is 0 Å². The molecule has 3 heterocycles. The predicted molar refractivity (Wildman–Crippen MR) is 137 cm³/mol. The number of carbonyl (C=O) groups excluding carboxylic acids is 1. The van der Waals surface area contributed by atoms with Gasteiger partial charge in [0.1, 0.15) is 11.3 Å². The maximum atomic E-state index is 13.9. The van der Waals surface area contributed by atoms with Crippen LogP contribution in [0, 0.1) is 17.8 Å². The summed E-state index contributed by atoms with van der Waals surface area (Å²) in [6.07, 6.45) is 3.65. The number of nitrogens with zero attached hydrogens (tertiary/aromatic N) is 2. The Labute approximate surface area is 206 Å². The zero-order valence-electron chi connectivity index (χ0n) is 19.8. The van der Waals surface area contributed by atoms with Gasteiger partial charge in [0.15, 0.2) is 0 Å². The fourth-order valence-electron chi connectivity index (χ4n) is 6.62. The molecule has 3 aliphatic heterocycles. The standard InChI is InChI=1S/C30H31N3O2/c34-25-13-11-21(12-14-25)15-27-28-26-18-32-30(27,29(35)31-17-22-7-3-1-4-8-22)16-24(26)20-33(28)19-23-9-5-2-6-10-23/h1-14,18,24,26-28,34H,15-17,19-20H2,(H,31,35)/t24-,26-,27+,28+,30+/m1/s1. The molecule has 0 unspecified atom stereocenters. The second-order valence-electron chi connectivity index (χ2n) is 10.3. The number of rotatable bonds is 7. The van der Waals surface area contributed by atoms with Crippen LogP contribution in [0.1, 0.15) is 23.1 Å². The van der Waals surface area contributed by atoms with Gasteiger partial charge in [-0.15, -0.1) is 0 Å². The van der Waals surface area contributed by atoms with Gasteiger partial charge >= 0.3 is 0 Å². The van der Waals surface area contributed by atoms with Crippen molar-refractivity contribution in [3.63, 3.8) is 0 Å². The van der Waals surface area contributed by atoms with Gasteiger partial charge in [-0.3, -0.25) is 14.7 Å². The van der Waals surface area contributed by atoms with Crippen molar-refractivity contribution in [3.8, 4) is 5.75 Å². The van der Waals surface area contributed by atoms with E-state index in [0.29, 0.717) is 18.4 Å². The summed E-state index contributed by atoms with van der Waals surface area (Å²) in [7, 11) is 0. The van der Waals surface area contributed by atoms with E-state index in [9.17, 15) is 9.90 Å². The number of aliphatic imine (C=N–C) groups is 1. The molecule has 1 saturated heterocycles. The molecule has 5 nitrogen and oxygen atoms in total. The normalized spacial score (nSPS) is 28.8. The zero-order chi connectivity index (χ0) is 23.8. The quantitative estimate of drug-likeness (QED) is 0.549. The number of amides is 1. The maximum Gasteiger partial charge on any atom is 0.248 e. The van der Waals surface area contributed by atoms with Gasteiger partial charge in [-0.05, 0) is 47.6 Å². The fourth-order valence-corrected chi connectivity index (χ4v) is 6.62. The minimum Gasteiger partial charge on any atom is -0.508 e. The Morgan fingerprint density at radius 2 is 1.63 bits per heavy atom. The van der Waals surface area contributed by atoms with Crippen molar-refractivity contribution in [1.82, 2.24) is 10.2 Å². The van der Waals surface area contributed by atoms with Crippen LogP contribution in [-0.2, 0) is 24.3 Å². The van der Waals surface area contributed by atoms with Crippen molar-refractivity contribution in [2.75, 3.05) is 6.54 Å². The third-order valence-corrected chi connectivity index (χ3v) is 8.21. The van der Waals surface area contributed by atoms with Crippen LogP contribution in [0.15, 0.2) is 89.9 Å². The number of hydrogen-bond donors (Lipinski definition) is 2. The summed E-state index contributed by atoms with van der Waals surface area (Å²) >= 11 is 0. The third-order valence-electron chi connectivity index (χ3n) is 8.21. The van der Waals surface area contributed by atoms with Gasteiger partial charge in [0.25, 0.3) is 0 Å². The maximum absolute atomic E-state index is 13.9. The number of likely N-dealkylation sites (tertiary alicyclic amines) is 1. The largest absolute Gasteiger partial charge is 0.508 e. The predicted octanol–water partition coefficient (Wildman–Crippen LogP) is 4.21.